The van der Waals surface area contributed by atoms with Crippen molar-refractivity contribution in [3.05, 3.63) is 114 Å². The molecule has 0 aromatic heterocycles. The van der Waals surface area contributed by atoms with Crippen molar-refractivity contribution in [1.29, 1.82) is 0 Å². The van der Waals surface area contributed by atoms with Gasteiger partial charge in [-0.25, -0.2) is 0 Å². The standard InChI is InChI=1S/C24H22/c1-2-23(21-14-8-4-9-15-21)24(22-16-10-5-11-17-22)19-18-20-12-6-3-7-13-20/h3-19H,2H2,1H3/b19-18+,24-23-. The third kappa shape index (κ3) is 3.91. The number of benzene rings is 3. The molecule has 118 valence electrons. The summed E-state index contributed by atoms with van der Waals surface area (Å²) in [6.45, 7) is 2.22. The van der Waals surface area contributed by atoms with E-state index in [1.54, 1.807) is 0 Å². The molecule has 0 amide bonds. The van der Waals surface area contributed by atoms with Gasteiger partial charge < -0.3 is 0 Å². The maximum absolute atomic E-state index is 2.25. The van der Waals surface area contributed by atoms with E-state index >= 15 is 0 Å². The normalized spacial score (nSPS) is 12.2. The largest absolute Gasteiger partial charge is 0.0622 e. The minimum Gasteiger partial charge on any atom is -0.0622 e. The van der Waals surface area contributed by atoms with E-state index in [4.69, 9.17) is 0 Å². The number of allylic oxidation sites excluding steroid dienone is 3. The van der Waals surface area contributed by atoms with Gasteiger partial charge in [0.25, 0.3) is 0 Å². The number of hydrogen-bond donors (Lipinski definition) is 0. The first-order valence-corrected chi connectivity index (χ1v) is 8.45. The second kappa shape index (κ2) is 8.12. The van der Waals surface area contributed by atoms with Gasteiger partial charge in [0.2, 0.25) is 0 Å². The van der Waals surface area contributed by atoms with Crippen LogP contribution in [0.25, 0.3) is 17.2 Å². The van der Waals surface area contributed by atoms with Gasteiger partial charge in [0.15, 0.2) is 0 Å². The van der Waals surface area contributed by atoms with Crippen molar-refractivity contribution in [2.24, 2.45) is 0 Å². The van der Waals surface area contributed by atoms with E-state index in [1.807, 2.05) is 6.07 Å². The monoisotopic (exact) mass is 310 g/mol. The molecule has 3 rings (SSSR count). The molecule has 3 aromatic carbocycles. The van der Waals surface area contributed by atoms with Gasteiger partial charge in [0, 0.05) is 0 Å². The summed E-state index contributed by atoms with van der Waals surface area (Å²) in [6, 6.07) is 31.8. The van der Waals surface area contributed by atoms with Crippen LogP contribution in [0.1, 0.15) is 30.0 Å². The van der Waals surface area contributed by atoms with Crippen LogP contribution in [0.15, 0.2) is 97.1 Å². The van der Waals surface area contributed by atoms with Crippen molar-refractivity contribution in [3.8, 4) is 0 Å². The Morgan fingerprint density at radius 1 is 0.667 bits per heavy atom. The summed E-state index contributed by atoms with van der Waals surface area (Å²) in [5.74, 6) is 0. The molecule has 0 heteroatoms. The quantitative estimate of drug-likeness (QED) is 0.362. The molecule has 0 nitrogen and oxygen atoms in total. The Labute approximate surface area is 144 Å². The van der Waals surface area contributed by atoms with Crippen LogP contribution in [0.3, 0.4) is 0 Å². The first-order valence-electron chi connectivity index (χ1n) is 8.45. The van der Waals surface area contributed by atoms with Crippen molar-refractivity contribution >= 4 is 17.2 Å². The van der Waals surface area contributed by atoms with Crippen LogP contribution in [0.4, 0.5) is 0 Å². The fourth-order valence-corrected chi connectivity index (χ4v) is 2.92. The lowest BCUT2D eigenvalue weighted by Gasteiger charge is -2.12. The Balaban J connectivity index is 2.11. The molecule has 0 fully saturated rings. The van der Waals surface area contributed by atoms with Crippen molar-refractivity contribution < 1.29 is 0 Å². The smallest absolute Gasteiger partial charge is 0.0146 e. The van der Waals surface area contributed by atoms with E-state index in [2.05, 4.69) is 104 Å². The highest BCUT2D eigenvalue weighted by molar-refractivity contribution is 5.97. The molecule has 3 aromatic rings. The van der Waals surface area contributed by atoms with Gasteiger partial charge >= 0.3 is 0 Å². The van der Waals surface area contributed by atoms with Crippen molar-refractivity contribution in [3.63, 3.8) is 0 Å². The zero-order valence-corrected chi connectivity index (χ0v) is 14.0. The SMILES string of the molecule is CC/C(=C(\C=C\c1ccccc1)c1ccccc1)c1ccccc1. The molecular formula is C24H22. The van der Waals surface area contributed by atoms with Crippen LogP contribution in [0, 0.1) is 0 Å². The summed E-state index contributed by atoms with van der Waals surface area (Å²) in [7, 11) is 0. The molecule has 0 aliphatic rings. The summed E-state index contributed by atoms with van der Waals surface area (Å²) in [6.07, 6.45) is 5.44. The highest BCUT2D eigenvalue weighted by Gasteiger charge is 2.07. The molecule has 0 N–H and O–H groups in total. The van der Waals surface area contributed by atoms with Gasteiger partial charge in [-0.3, -0.25) is 0 Å². The molecule has 0 spiro atoms. The molecular weight excluding hydrogens is 288 g/mol. The topological polar surface area (TPSA) is 0 Å². The number of hydrogen-bond acceptors (Lipinski definition) is 0. The first-order chi connectivity index (χ1) is 11.9. The van der Waals surface area contributed by atoms with E-state index in [9.17, 15) is 0 Å². The molecule has 0 unspecified atom stereocenters. The Morgan fingerprint density at radius 3 is 1.71 bits per heavy atom. The highest BCUT2D eigenvalue weighted by atomic mass is 14.1. The molecule has 0 bridgehead atoms. The third-order valence-electron chi connectivity index (χ3n) is 4.13. The lowest BCUT2D eigenvalue weighted by atomic mass is 9.92. The molecule has 0 atom stereocenters. The van der Waals surface area contributed by atoms with E-state index in [1.165, 1.54) is 27.8 Å². The lowest BCUT2D eigenvalue weighted by molar-refractivity contribution is 1.24. The second-order valence-electron chi connectivity index (χ2n) is 5.72. The first kappa shape index (κ1) is 16.0. The Morgan fingerprint density at radius 2 is 1.17 bits per heavy atom. The average Bonchev–Trinajstić information content (AvgIpc) is 2.67. The summed E-state index contributed by atoms with van der Waals surface area (Å²) in [4.78, 5) is 0. The van der Waals surface area contributed by atoms with Crippen LogP contribution >= 0.6 is 0 Å². The average molecular weight is 310 g/mol. The van der Waals surface area contributed by atoms with Gasteiger partial charge in [0.05, 0.1) is 0 Å². The van der Waals surface area contributed by atoms with E-state index < -0.39 is 0 Å². The summed E-state index contributed by atoms with van der Waals surface area (Å²) >= 11 is 0. The zero-order valence-electron chi connectivity index (χ0n) is 14.0. The molecule has 0 heterocycles. The van der Waals surface area contributed by atoms with E-state index in [-0.39, 0.29) is 0 Å². The Bertz CT molecular complexity index is 810. The van der Waals surface area contributed by atoms with Gasteiger partial charge in [-0.05, 0) is 34.3 Å². The third-order valence-corrected chi connectivity index (χ3v) is 4.13. The van der Waals surface area contributed by atoms with E-state index in [0.717, 1.165) is 6.42 Å². The molecule has 0 saturated heterocycles. The van der Waals surface area contributed by atoms with Crippen LogP contribution < -0.4 is 0 Å². The van der Waals surface area contributed by atoms with Crippen molar-refractivity contribution in [1.82, 2.24) is 0 Å². The minimum atomic E-state index is 0.993. The second-order valence-corrected chi connectivity index (χ2v) is 5.72. The van der Waals surface area contributed by atoms with Gasteiger partial charge in [0.1, 0.15) is 0 Å². The van der Waals surface area contributed by atoms with Crippen LogP contribution in [-0.4, -0.2) is 0 Å². The molecule has 24 heavy (non-hydrogen) atoms. The predicted molar refractivity (Wildman–Crippen MR) is 105 cm³/mol. The maximum atomic E-state index is 2.25. The predicted octanol–water partition coefficient (Wildman–Crippen LogP) is 6.72. The van der Waals surface area contributed by atoms with Crippen LogP contribution in [0.2, 0.25) is 0 Å². The Kier molecular flexibility index (Phi) is 5.42. The summed E-state index contributed by atoms with van der Waals surface area (Å²) in [5.41, 5.74) is 6.42. The zero-order chi connectivity index (χ0) is 16.6. The van der Waals surface area contributed by atoms with Crippen LogP contribution in [0.5, 0.6) is 0 Å². The van der Waals surface area contributed by atoms with Gasteiger partial charge in [-0.1, -0.05) is 110 Å². The summed E-state index contributed by atoms with van der Waals surface area (Å²) < 4.78 is 0. The fraction of sp³-hybridized carbons (Fsp3) is 0.0833. The minimum absolute atomic E-state index is 0.993. The lowest BCUT2D eigenvalue weighted by Crippen LogP contribution is -1.90. The summed E-state index contributed by atoms with van der Waals surface area (Å²) in [5, 5.41) is 0. The fourth-order valence-electron chi connectivity index (χ4n) is 2.92. The van der Waals surface area contributed by atoms with Gasteiger partial charge in [-0.15, -0.1) is 0 Å². The Hall–Kier alpha value is -2.86. The molecule has 0 saturated carbocycles. The molecule has 0 aliphatic carbocycles. The van der Waals surface area contributed by atoms with Gasteiger partial charge in [-0.2, -0.15) is 0 Å². The molecule has 0 aliphatic heterocycles. The van der Waals surface area contributed by atoms with Crippen molar-refractivity contribution in [2.75, 3.05) is 0 Å². The highest BCUT2D eigenvalue weighted by Crippen LogP contribution is 2.30. The van der Waals surface area contributed by atoms with Crippen LogP contribution in [-0.2, 0) is 0 Å². The number of rotatable bonds is 5. The van der Waals surface area contributed by atoms with Crippen molar-refractivity contribution in [2.45, 2.75) is 13.3 Å². The molecule has 0 radical (unpaired) electrons. The van der Waals surface area contributed by atoms with E-state index in [0.29, 0.717) is 0 Å². The maximum Gasteiger partial charge on any atom is -0.0146 e.